The number of sulfonamides is 1. The molecule has 0 spiro atoms. The Morgan fingerprint density at radius 1 is 1.12 bits per heavy atom. The molecular formula is C28H24F4N6O3S. The van der Waals surface area contributed by atoms with Crippen LogP contribution in [0, 0.1) is 18.2 Å². The Balaban J connectivity index is 1.47. The molecule has 1 aliphatic heterocycles. The van der Waals surface area contributed by atoms with Gasteiger partial charge in [0.2, 0.25) is 0 Å². The molecule has 2 aliphatic rings. The number of hydrogen-bond acceptors (Lipinski definition) is 6. The van der Waals surface area contributed by atoms with Crippen LogP contribution >= 0.6 is 0 Å². The molecule has 0 saturated carbocycles. The summed E-state index contributed by atoms with van der Waals surface area (Å²) < 4.78 is 85.9. The molecule has 1 aliphatic carbocycles. The zero-order chi connectivity index (χ0) is 30.0. The van der Waals surface area contributed by atoms with Crippen LogP contribution in [0.3, 0.4) is 0 Å². The fraction of sp³-hybridized carbons (Fsp3) is 0.286. The molecule has 1 fully saturated rings. The topological polar surface area (TPSA) is 103 Å². The van der Waals surface area contributed by atoms with Crippen LogP contribution in [0.2, 0.25) is 0 Å². The summed E-state index contributed by atoms with van der Waals surface area (Å²) >= 11 is 0. The number of nitrogens with zero attached hydrogens (tertiary/aromatic N) is 6. The van der Waals surface area contributed by atoms with Crippen molar-refractivity contribution < 1.29 is 30.8 Å². The standard InChI is InChI=1S/C28H24F4N6O3S/c1-17-35-25(15-36(17)2)42(40,41)37-10-8-19-12-24-18(14-34-38(24)22-5-3-21(29)4-6-22)13-27(19,16-37)26(39)23-11-20(7-9-33-23)28(30,31)32/h3-7,9,11-12,14-15H,8,10,13,16H2,1-2H3/t27-/m0/s1. The van der Waals surface area contributed by atoms with Crippen LogP contribution in [-0.2, 0) is 29.7 Å². The monoisotopic (exact) mass is 600 g/mol. The third-order valence-electron chi connectivity index (χ3n) is 7.90. The fourth-order valence-corrected chi connectivity index (χ4v) is 7.09. The fourth-order valence-electron chi connectivity index (χ4n) is 5.57. The number of alkyl halides is 3. The molecule has 0 bridgehead atoms. The number of carbonyl (C=O) groups excluding carboxylic acids is 1. The predicted molar refractivity (Wildman–Crippen MR) is 143 cm³/mol. The maximum Gasteiger partial charge on any atom is 0.416 e. The number of piperidine rings is 1. The molecule has 0 unspecified atom stereocenters. The van der Waals surface area contributed by atoms with Gasteiger partial charge in [0.15, 0.2) is 10.8 Å². The second-order valence-electron chi connectivity index (χ2n) is 10.5. The molecule has 6 rings (SSSR count). The number of rotatable bonds is 5. The molecule has 0 radical (unpaired) electrons. The maximum atomic E-state index is 14.2. The number of aryl methyl sites for hydroxylation is 2. The summed E-state index contributed by atoms with van der Waals surface area (Å²) in [6, 6.07) is 7.14. The molecule has 3 aromatic heterocycles. The molecule has 14 heteroatoms. The predicted octanol–water partition coefficient (Wildman–Crippen LogP) is 4.37. The van der Waals surface area contributed by atoms with E-state index in [4.69, 9.17) is 0 Å². The lowest BCUT2D eigenvalue weighted by Gasteiger charge is -2.44. The normalized spacial score (nSPS) is 19.2. The summed E-state index contributed by atoms with van der Waals surface area (Å²) in [5.74, 6) is -0.675. The summed E-state index contributed by atoms with van der Waals surface area (Å²) in [4.78, 5) is 22.4. The van der Waals surface area contributed by atoms with Crippen molar-refractivity contribution in [3.8, 4) is 5.69 Å². The highest BCUT2D eigenvalue weighted by Crippen LogP contribution is 2.47. The van der Waals surface area contributed by atoms with Gasteiger partial charge in [-0.25, -0.2) is 22.5 Å². The first-order valence-electron chi connectivity index (χ1n) is 12.9. The largest absolute Gasteiger partial charge is 0.416 e. The van der Waals surface area contributed by atoms with Gasteiger partial charge in [-0.3, -0.25) is 9.78 Å². The number of ketones is 1. The average molecular weight is 601 g/mol. The summed E-state index contributed by atoms with van der Waals surface area (Å²) in [5, 5.41) is 4.24. The smallest absolute Gasteiger partial charge is 0.337 e. The van der Waals surface area contributed by atoms with Crippen molar-refractivity contribution in [3.63, 3.8) is 0 Å². The van der Waals surface area contributed by atoms with E-state index in [1.54, 1.807) is 41.4 Å². The summed E-state index contributed by atoms with van der Waals surface area (Å²) in [7, 11) is -2.50. The second kappa shape index (κ2) is 9.70. The van der Waals surface area contributed by atoms with Gasteiger partial charge in [0.1, 0.15) is 17.3 Å². The van der Waals surface area contributed by atoms with Gasteiger partial charge in [-0.2, -0.15) is 22.6 Å². The number of aromatic nitrogens is 5. The van der Waals surface area contributed by atoms with Gasteiger partial charge in [0.05, 0.1) is 28.6 Å². The molecule has 0 N–H and O–H groups in total. The minimum absolute atomic E-state index is 0.0227. The van der Waals surface area contributed by atoms with Gasteiger partial charge in [-0.05, 0) is 67.8 Å². The molecular weight excluding hydrogens is 576 g/mol. The van der Waals surface area contributed by atoms with E-state index in [-0.39, 0.29) is 31.0 Å². The molecule has 0 amide bonds. The highest BCUT2D eigenvalue weighted by atomic mass is 32.2. The molecule has 4 aromatic rings. The zero-order valence-corrected chi connectivity index (χ0v) is 23.2. The van der Waals surface area contributed by atoms with Gasteiger partial charge in [-0.1, -0.05) is 5.57 Å². The lowest BCUT2D eigenvalue weighted by molar-refractivity contribution is -0.137. The van der Waals surface area contributed by atoms with Gasteiger partial charge < -0.3 is 4.57 Å². The number of pyridine rings is 1. The van der Waals surface area contributed by atoms with E-state index in [1.165, 1.54) is 24.5 Å². The number of fused-ring (bicyclic) bond motifs is 2. The Bertz CT molecular complexity index is 1840. The molecule has 218 valence electrons. The maximum absolute atomic E-state index is 14.2. The first kappa shape index (κ1) is 28.0. The number of imidazole rings is 1. The van der Waals surface area contributed by atoms with E-state index in [0.717, 1.165) is 16.6 Å². The molecule has 9 nitrogen and oxygen atoms in total. The molecule has 1 atom stereocenters. The quantitative estimate of drug-likeness (QED) is 0.249. The van der Waals surface area contributed by atoms with Gasteiger partial charge in [0.25, 0.3) is 10.0 Å². The van der Waals surface area contributed by atoms with Gasteiger partial charge in [0, 0.05) is 32.5 Å². The van der Waals surface area contributed by atoms with Crippen LogP contribution < -0.4 is 0 Å². The minimum Gasteiger partial charge on any atom is -0.337 e. The molecule has 1 saturated heterocycles. The third kappa shape index (κ3) is 4.54. The van der Waals surface area contributed by atoms with E-state index in [1.807, 2.05) is 0 Å². The van der Waals surface area contributed by atoms with Crippen LogP contribution in [-0.4, -0.2) is 55.9 Å². The first-order chi connectivity index (χ1) is 19.8. The van der Waals surface area contributed by atoms with E-state index >= 15 is 0 Å². The van der Waals surface area contributed by atoms with Crippen molar-refractivity contribution in [2.75, 3.05) is 13.1 Å². The van der Waals surface area contributed by atoms with Crippen LogP contribution in [0.15, 0.2) is 65.6 Å². The Kier molecular flexibility index (Phi) is 6.46. The number of Topliss-reactive ketones (excluding diaryl/α,β-unsaturated/α-hetero) is 1. The summed E-state index contributed by atoms with van der Waals surface area (Å²) in [6.07, 6.45) is 0.952. The summed E-state index contributed by atoms with van der Waals surface area (Å²) in [6.45, 7) is 1.35. The average Bonchev–Trinajstić information content (AvgIpc) is 3.53. The zero-order valence-electron chi connectivity index (χ0n) is 22.4. The Labute approximate surface area is 238 Å². The molecule has 4 heterocycles. The lowest BCUT2D eigenvalue weighted by Crippen LogP contribution is -2.53. The number of carbonyl (C=O) groups is 1. The number of hydrogen-bond donors (Lipinski definition) is 0. The van der Waals surface area contributed by atoms with Crippen molar-refractivity contribution >= 4 is 21.9 Å². The van der Waals surface area contributed by atoms with Gasteiger partial charge in [-0.15, -0.1) is 0 Å². The van der Waals surface area contributed by atoms with E-state index in [0.29, 0.717) is 34.4 Å². The van der Waals surface area contributed by atoms with Gasteiger partial charge >= 0.3 is 6.18 Å². The van der Waals surface area contributed by atoms with Crippen molar-refractivity contribution in [3.05, 3.63) is 94.7 Å². The molecule has 42 heavy (non-hydrogen) atoms. The number of halogens is 4. The Morgan fingerprint density at radius 3 is 2.52 bits per heavy atom. The minimum atomic E-state index is -4.71. The Morgan fingerprint density at radius 2 is 1.86 bits per heavy atom. The third-order valence-corrected chi connectivity index (χ3v) is 9.61. The Hall–Kier alpha value is -4.17. The van der Waals surface area contributed by atoms with E-state index in [2.05, 4.69) is 15.1 Å². The SMILES string of the molecule is Cc1nc(S(=O)(=O)N2CCC3=Cc4c(cnn4-c4ccc(F)cc4)C[C@]3(C(=O)c3cc(C(F)(F)F)ccn3)C2)cn1C. The van der Waals surface area contributed by atoms with Crippen molar-refractivity contribution in [2.24, 2.45) is 12.5 Å². The van der Waals surface area contributed by atoms with E-state index in [9.17, 15) is 30.8 Å². The van der Waals surface area contributed by atoms with Crippen LogP contribution in [0.25, 0.3) is 11.8 Å². The van der Waals surface area contributed by atoms with Crippen molar-refractivity contribution in [1.29, 1.82) is 0 Å². The summed E-state index contributed by atoms with van der Waals surface area (Å²) in [5.41, 5.74) is -0.684. The molecule has 1 aromatic carbocycles. The second-order valence-corrected chi connectivity index (χ2v) is 12.3. The van der Waals surface area contributed by atoms with Crippen LogP contribution in [0.5, 0.6) is 0 Å². The first-order valence-corrected chi connectivity index (χ1v) is 14.4. The highest BCUT2D eigenvalue weighted by Gasteiger charge is 2.52. The number of benzene rings is 1. The lowest BCUT2D eigenvalue weighted by atomic mass is 9.65. The van der Waals surface area contributed by atoms with Crippen molar-refractivity contribution in [1.82, 2.24) is 28.6 Å². The highest BCUT2D eigenvalue weighted by molar-refractivity contribution is 7.89. The van der Waals surface area contributed by atoms with Crippen LogP contribution in [0.4, 0.5) is 17.6 Å². The van der Waals surface area contributed by atoms with Crippen LogP contribution in [0.1, 0.15) is 39.6 Å². The van der Waals surface area contributed by atoms with E-state index < -0.39 is 44.5 Å². The van der Waals surface area contributed by atoms with Crippen molar-refractivity contribution in [2.45, 2.75) is 31.0 Å².